The van der Waals surface area contributed by atoms with E-state index in [4.69, 9.17) is 0 Å². The quantitative estimate of drug-likeness (QED) is 0.187. The molecule has 42 heavy (non-hydrogen) atoms. The normalized spacial score (nSPS) is 23.8. The van der Waals surface area contributed by atoms with Gasteiger partial charge in [-0.1, -0.05) is 67.3 Å². The molecule has 1 heterocycles. The van der Waals surface area contributed by atoms with Gasteiger partial charge in [0.25, 0.3) is 0 Å². The summed E-state index contributed by atoms with van der Waals surface area (Å²) in [6.07, 6.45) is 8.02. The molecule has 0 amide bonds. The van der Waals surface area contributed by atoms with Crippen LogP contribution in [0.25, 0.3) is 16.8 Å². The maximum Gasteiger partial charge on any atom is 0.398 e. The second kappa shape index (κ2) is 12.5. The first-order valence-corrected chi connectivity index (χ1v) is 15.4. The summed E-state index contributed by atoms with van der Waals surface area (Å²) in [5, 5.41) is 0. The summed E-state index contributed by atoms with van der Waals surface area (Å²) >= 11 is 0. The molecule has 1 aliphatic heterocycles. The number of carbonyl (C=O) groups is 1. The lowest BCUT2D eigenvalue weighted by atomic mass is 9.73. The van der Waals surface area contributed by atoms with Crippen LogP contribution < -0.4 is 0 Å². The first-order valence-electron chi connectivity index (χ1n) is 15.4. The number of aryl methyl sites for hydroxylation is 1. The Labute approximate surface area is 248 Å². The number of nitrogens with zero attached hydrogens (tertiary/aromatic N) is 1. The van der Waals surface area contributed by atoms with Crippen molar-refractivity contribution in [1.82, 2.24) is 4.90 Å². The van der Waals surface area contributed by atoms with Crippen LogP contribution >= 0.6 is 0 Å². The predicted octanol–water partition coefficient (Wildman–Crippen LogP) is 9.90. The van der Waals surface area contributed by atoms with Gasteiger partial charge in [0.2, 0.25) is 0 Å². The molecule has 1 atom stereocenters. The van der Waals surface area contributed by atoms with Crippen molar-refractivity contribution in [2.24, 2.45) is 5.92 Å². The van der Waals surface area contributed by atoms with Crippen LogP contribution in [0.5, 0.6) is 0 Å². The lowest BCUT2D eigenvalue weighted by Crippen LogP contribution is -2.42. The van der Waals surface area contributed by atoms with Crippen molar-refractivity contribution in [2.75, 3.05) is 13.1 Å². The van der Waals surface area contributed by atoms with E-state index in [0.717, 1.165) is 84.3 Å². The van der Waals surface area contributed by atoms with Crippen molar-refractivity contribution >= 4 is 11.5 Å². The molecular weight excluding hydrogens is 531 g/mol. The molecule has 2 fully saturated rings. The monoisotopic (exact) mass is 573 g/mol. The molecule has 2 saturated carbocycles. The number of allylic oxidation sites excluding steroid dienone is 4. The van der Waals surface area contributed by atoms with Crippen molar-refractivity contribution in [3.05, 3.63) is 102 Å². The molecule has 2 aliphatic carbocycles. The fourth-order valence-corrected chi connectivity index (χ4v) is 6.69. The molecule has 0 aromatic heterocycles. The summed E-state index contributed by atoms with van der Waals surface area (Å²) < 4.78 is 43.6. The van der Waals surface area contributed by atoms with Crippen LogP contribution in [0.1, 0.15) is 80.9 Å². The molecule has 0 bridgehead atoms. The molecule has 5 rings (SSSR count). The van der Waals surface area contributed by atoms with Crippen molar-refractivity contribution in [1.29, 1.82) is 0 Å². The first-order chi connectivity index (χ1) is 20.1. The lowest BCUT2D eigenvalue weighted by molar-refractivity contribution is -0.194. The second-order valence-electron chi connectivity index (χ2n) is 12.3. The minimum atomic E-state index is -4.31. The Bertz CT molecular complexity index is 1390. The van der Waals surface area contributed by atoms with Gasteiger partial charge in [0.15, 0.2) is 5.78 Å². The summed E-state index contributed by atoms with van der Waals surface area (Å²) in [5.74, 6) is 0.610. The first kappa shape index (κ1) is 30.1. The van der Waals surface area contributed by atoms with Gasteiger partial charge in [0.05, 0.1) is 5.41 Å². The predicted molar refractivity (Wildman–Crippen MR) is 166 cm³/mol. The van der Waals surface area contributed by atoms with Crippen molar-refractivity contribution < 1.29 is 18.0 Å². The number of hydrogen-bond donors (Lipinski definition) is 0. The van der Waals surface area contributed by atoms with Gasteiger partial charge >= 0.3 is 6.18 Å². The zero-order valence-electron chi connectivity index (χ0n) is 24.7. The van der Waals surface area contributed by atoms with E-state index in [9.17, 15) is 18.0 Å². The Morgan fingerprint density at radius 1 is 0.976 bits per heavy atom. The summed E-state index contributed by atoms with van der Waals surface area (Å²) in [5.41, 5.74) is 5.60. The Morgan fingerprint density at radius 2 is 1.71 bits per heavy atom. The van der Waals surface area contributed by atoms with Gasteiger partial charge in [-0.3, -0.25) is 4.79 Å². The van der Waals surface area contributed by atoms with Crippen LogP contribution in [-0.4, -0.2) is 29.9 Å². The van der Waals surface area contributed by atoms with E-state index in [1.165, 1.54) is 0 Å². The van der Waals surface area contributed by atoms with Gasteiger partial charge in [-0.25, -0.2) is 0 Å². The highest BCUT2D eigenvalue weighted by Crippen LogP contribution is 2.50. The van der Waals surface area contributed by atoms with E-state index in [1.54, 1.807) is 12.1 Å². The molecule has 5 heteroatoms. The smallest absolute Gasteiger partial charge is 0.371 e. The molecule has 1 unspecified atom stereocenters. The number of benzene rings is 2. The summed E-state index contributed by atoms with van der Waals surface area (Å²) in [7, 11) is 0. The molecule has 222 valence electrons. The van der Waals surface area contributed by atoms with Gasteiger partial charge in [-0.15, -0.1) is 0 Å². The van der Waals surface area contributed by atoms with Crippen molar-refractivity contribution in [3.8, 4) is 11.1 Å². The summed E-state index contributed by atoms with van der Waals surface area (Å²) in [6.45, 7) is 11.7. The highest BCUT2D eigenvalue weighted by atomic mass is 19.4. The SMILES string of the molecule is C=C/C=C(\c1cc(-c2ccc(C3(C(F)(F)F)CCCC(=C)CC3)cc2)ccc1C)N1CC/C=C(\C(=O)C2CC2)CCC1. The highest BCUT2D eigenvalue weighted by molar-refractivity contribution is 5.98. The number of Topliss-reactive ketones (excluding diaryl/α,β-unsaturated/α-hetero) is 1. The Kier molecular flexibility index (Phi) is 8.96. The average molecular weight is 574 g/mol. The second-order valence-corrected chi connectivity index (χ2v) is 12.3. The van der Waals surface area contributed by atoms with Gasteiger partial charge in [-0.2, -0.15) is 13.2 Å². The van der Waals surface area contributed by atoms with E-state index in [-0.39, 0.29) is 18.8 Å². The fourth-order valence-electron chi connectivity index (χ4n) is 6.69. The maximum absolute atomic E-state index is 14.5. The van der Waals surface area contributed by atoms with Gasteiger partial charge in [0.1, 0.15) is 0 Å². The zero-order chi connectivity index (χ0) is 29.9. The van der Waals surface area contributed by atoms with Crippen LogP contribution in [0.15, 0.2) is 85.0 Å². The van der Waals surface area contributed by atoms with Gasteiger partial charge in [0, 0.05) is 30.3 Å². The lowest BCUT2D eigenvalue weighted by Gasteiger charge is -2.35. The summed E-state index contributed by atoms with van der Waals surface area (Å²) in [6, 6.07) is 13.3. The molecular formula is C37H42F3NO. The average Bonchev–Trinajstić information content (AvgIpc) is 3.80. The molecule has 2 aromatic carbocycles. The Balaban J connectivity index is 1.40. The molecule has 2 aromatic rings. The van der Waals surface area contributed by atoms with Crippen LogP contribution in [0.4, 0.5) is 13.2 Å². The Hall–Kier alpha value is -3.34. The van der Waals surface area contributed by atoms with E-state index in [0.29, 0.717) is 30.6 Å². The molecule has 0 saturated heterocycles. The van der Waals surface area contributed by atoms with Crippen LogP contribution in [0.3, 0.4) is 0 Å². The van der Waals surface area contributed by atoms with E-state index in [1.807, 2.05) is 30.4 Å². The van der Waals surface area contributed by atoms with Crippen LogP contribution in [0.2, 0.25) is 0 Å². The van der Waals surface area contributed by atoms with Crippen LogP contribution in [-0.2, 0) is 10.2 Å². The highest BCUT2D eigenvalue weighted by Gasteiger charge is 2.55. The maximum atomic E-state index is 14.5. The van der Waals surface area contributed by atoms with Crippen molar-refractivity contribution in [3.63, 3.8) is 0 Å². The topological polar surface area (TPSA) is 20.3 Å². The number of carbonyl (C=O) groups excluding carboxylic acids is 1. The van der Waals surface area contributed by atoms with E-state index < -0.39 is 11.6 Å². The number of halogens is 3. The largest absolute Gasteiger partial charge is 0.398 e. The molecule has 3 aliphatic rings. The third-order valence-corrected chi connectivity index (χ3v) is 9.41. The van der Waals surface area contributed by atoms with Crippen LogP contribution in [0, 0.1) is 12.8 Å². The zero-order valence-corrected chi connectivity index (χ0v) is 24.7. The molecule has 0 spiro atoms. The molecule has 0 N–H and O–H groups in total. The van der Waals surface area contributed by atoms with E-state index in [2.05, 4.69) is 43.2 Å². The third kappa shape index (κ3) is 6.35. The molecule has 0 radical (unpaired) electrons. The standard InChI is InChI=1S/C37H42F3NO/c1-4-8-34(41-23-6-10-29(11-7-24-41)35(42)30-14-15-30)33-25-31(13-12-27(33)3)28-16-18-32(19-17-28)36(37(38,39)40)21-5-9-26(2)20-22-36/h4,8,10,12-13,16-19,25,30H,1-2,5-7,9,11,14-15,20-24H2,3H3/b29-10-,34-8+. The minimum absolute atomic E-state index is 0.0559. The number of hydrogen-bond acceptors (Lipinski definition) is 2. The number of ketones is 1. The van der Waals surface area contributed by atoms with E-state index >= 15 is 0 Å². The minimum Gasteiger partial charge on any atom is -0.371 e. The van der Waals surface area contributed by atoms with Crippen molar-refractivity contribution in [2.45, 2.75) is 82.7 Å². The number of alkyl halides is 3. The molecule has 2 nitrogen and oxygen atoms in total. The fraction of sp³-hybridized carbons (Fsp3) is 0.432. The number of rotatable bonds is 7. The summed E-state index contributed by atoms with van der Waals surface area (Å²) in [4.78, 5) is 15.0. The van der Waals surface area contributed by atoms with Gasteiger partial charge < -0.3 is 4.90 Å². The Morgan fingerprint density at radius 3 is 2.40 bits per heavy atom. The van der Waals surface area contributed by atoms with Gasteiger partial charge in [-0.05, 0) is 111 Å². The third-order valence-electron chi connectivity index (χ3n) is 9.41.